The monoisotopic (exact) mass is 464 g/mol. The van der Waals surface area contributed by atoms with Gasteiger partial charge in [-0.2, -0.15) is 0 Å². The van der Waals surface area contributed by atoms with E-state index < -0.39 is 0 Å². The highest BCUT2D eigenvalue weighted by atomic mass is 32.2. The van der Waals surface area contributed by atoms with Gasteiger partial charge in [0.25, 0.3) is 0 Å². The van der Waals surface area contributed by atoms with E-state index in [0.29, 0.717) is 6.04 Å². The number of nitrogens with zero attached hydrogens (tertiary/aromatic N) is 3. The molecule has 0 bridgehead atoms. The number of methoxy groups -OCH3 is 1. The summed E-state index contributed by atoms with van der Waals surface area (Å²) >= 11 is 1.48. The average molecular weight is 465 g/mol. The van der Waals surface area contributed by atoms with Crippen LogP contribution in [0.3, 0.4) is 0 Å². The molecule has 2 aromatic carbocycles. The van der Waals surface area contributed by atoms with E-state index in [-0.39, 0.29) is 17.2 Å². The first-order chi connectivity index (χ1) is 16.1. The lowest BCUT2D eigenvalue weighted by atomic mass is 9.95. The minimum Gasteiger partial charge on any atom is -0.497 e. The summed E-state index contributed by atoms with van der Waals surface area (Å²) in [5.74, 6) is 1.67. The lowest BCUT2D eigenvalue weighted by Crippen LogP contribution is -2.33. The van der Waals surface area contributed by atoms with Crippen molar-refractivity contribution >= 4 is 17.7 Å². The van der Waals surface area contributed by atoms with Crippen molar-refractivity contribution in [2.24, 2.45) is 0 Å². The first-order valence-electron chi connectivity index (χ1n) is 11.7. The fraction of sp³-hybridized carbons (Fsp3) is 0.423. The number of carbonyl (C=O) groups excluding carboxylic acids is 1. The molecule has 3 aromatic rings. The molecule has 174 valence electrons. The van der Waals surface area contributed by atoms with Crippen molar-refractivity contribution in [1.29, 1.82) is 0 Å². The number of aromatic nitrogens is 3. The van der Waals surface area contributed by atoms with E-state index >= 15 is 0 Å². The number of hydrogen-bond donors (Lipinski definition) is 1. The molecular weight excluding hydrogens is 432 g/mol. The van der Waals surface area contributed by atoms with Gasteiger partial charge in [0, 0.05) is 11.6 Å². The number of ether oxygens (including phenoxy) is 1. The van der Waals surface area contributed by atoms with Crippen LogP contribution in [0, 0.1) is 0 Å². The maximum atomic E-state index is 13.0. The number of hydrogen-bond acceptors (Lipinski definition) is 5. The van der Waals surface area contributed by atoms with Crippen LogP contribution >= 0.6 is 11.8 Å². The molecule has 1 aliphatic rings. The molecule has 6 nitrogen and oxygen atoms in total. The number of rotatable bonds is 8. The van der Waals surface area contributed by atoms with Gasteiger partial charge in [0.15, 0.2) is 11.0 Å². The van der Waals surface area contributed by atoms with Crippen LogP contribution < -0.4 is 10.1 Å². The van der Waals surface area contributed by atoms with Crippen molar-refractivity contribution in [1.82, 2.24) is 20.1 Å². The van der Waals surface area contributed by atoms with E-state index in [1.807, 2.05) is 68.4 Å². The zero-order chi connectivity index (χ0) is 23.2. The van der Waals surface area contributed by atoms with E-state index in [2.05, 4.69) is 20.1 Å². The van der Waals surface area contributed by atoms with Crippen molar-refractivity contribution in [3.05, 3.63) is 60.2 Å². The van der Waals surface area contributed by atoms with Gasteiger partial charge >= 0.3 is 0 Å². The fourth-order valence-corrected chi connectivity index (χ4v) is 5.26. The normalized spacial score (nSPS) is 16.2. The molecule has 1 N–H and O–H groups in total. The third-order valence-electron chi connectivity index (χ3n) is 6.26. The van der Waals surface area contributed by atoms with Crippen LogP contribution in [0.1, 0.15) is 63.6 Å². The Morgan fingerprint density at radius 1 is 1.03 bits per heavy atom. The lowest BCUT2D eigenvalue weighted by Gasteiger charge is -2.26. The van der Waals surface area contributed by atoms with E-state index in [1.165, 1.54) is 31.0 Å². The summed E-state index contributed by atoms with van der Waals surface area (Å²) in [6.07, 6.45) is 5.91. The van der Waals surface area contributed by atoms with Gasteiger partial charge in [0.2, 0.25) is 5.91 Å². The second-order valence-corrected chi connectivity index (χ2v) is 9.91. The van der Waals surface area contributed by atoms with Crippen molar-refractivity contribution in [3.63, 3.8) is 0 Å². The standard InChI is InChI=1S/C26H32N4O2S/c1-18(20-10-6-4-7-11-20)27-25(31)19(2)33-26-29-28-24(21-14-16-23(32-3)17-15-21)30(26)22-12-8-5-9-13-22/h4,6-7,10-11,14-19,22H,5,8-9,12-13H2,1-3H3,(H,27,31). The summed E-state index contributed by atoms with van der Waals surface area (Å²) in [7, 11) is 1.67. The van der Waals surface area contributed by atoms with Crippen molar-refractivity contribution in [2.45, 2.75) is 68.4 Å². The number of carbonyl (C=O) groups is 1. The van der Waals surface area contributed by atoms with Crippen LogP contribution in [-0.2, 0) is 4.79 Å². The van der Waals surface area contributed by atoms with Crippen molar-refractivity contribution in [2.75, 3.05) is 7.11 Å². The highest BCUT2D eigenvalue weighted by Gasteiger charge is 2.27. The third kappa shape index (κ3) is 5.58. The molecule has 0 radical (unpaired) electrons. The van der Waals surface area contributed by atoms with Crippen LogP contribution in [0.2, 0.25) is 0 Å². The molecule has 2 atom stereocenters. The Morgan fingerprint density at radius 3 is 2.39 bits per heavy atom. The first kappa shape index (κ1) is 23.4. The fourth-order valence-electron chi connectivity index (χ4n) is 4.33. The summed E-state index contributed by atoms with van der Waals surface area (Å²) < 4.78 is 7.57. The van der Waals surface area contributed by atoms with E-state index in [1.54, 1.807) is 7.11 Å². The molecule has 1 saturated carbocycles. The van der Waals surface area contributed by atoms with Crippen LogP contribution in [0.5, 0.6) is 5.75 Å². The molecule has 2 unspecified atom stereocenters. The smallest absolute Gasteiger partial charge is 0.233 e. The number of benzene rings is 2. The minimum atomic E-state index is -0.286. The molecule has 1 aliphatic carbocycles. The second kappa shape index (κ2) is 10.9. The highest BCUT2D eigenvalue weighted by Crippen LogP contribution is 2.37. The van der Waals surface area contributed by atoms with Crippen LogP contribution in [0.25, 0.3) is 11.4 Å². The minimum absolute atomic E-state index is 0.000504. The van der Waals surface area contributed by atoms with Gasteiger partial charge in [-0.15, -0.1) is 10.2 Å². The Kier molecular flexibility index (Phi) is 7.70. The molecule has 7 heteroatoms. The lowest BCUT2D eigenvalue weighted by molar-refractivity contribution is -0.120. The van der Waals surface area contributed by atoms with E-state index in [9.17, 15) is 4.79 Å². The largest absolute Gasteiger partial charge is 0.497 e. The number of nitrogens with one attached hydrogen (secondary N) is 1. The summed E-state index contributed by atoms with van der Waals surface area (Å²) in [4.78, 5) is 13.0. The molecule has 33 heavy (non-hydrogen) atoms. The quantitative estimate of drug-likeness (QED) is 0.426. The van der Waals surface area contributed by atoms with Gasteiger partial charge in [-0.25, -0.2) is 0 Å². The van der Waals surface area contributed by atoms with Gasteiger partial charge in [-0.3, -0.25) is 9.36 Å². The van der Waals surface area contributed by atoms with Crippen molar-refractivity contribution in [3.8, 4) is 17.1 Å². The molecule has 1 amide bonds. The Bertz CT molecular complexity index is 1050. The molecule has 0 saturated heterocycles. The van der Waals surface area contributed by atoms with Gasteiger partial charge in [0.05, 0.1) is 18.4 Å². The van der Waals surface area contributed by atoms with Crippen LogP contribution in [0.15, 0.2) is 59.8 Å². The Morgan fingerprint density at radius 2 is 1.73 bits per heavy atom. The molecule has 1 aromatic heterocycles. The summed E-state index contributed by atoms with van der Waals surface area (Å²) in [5.41, 5.74) is 2.10. The molecule has 1 fully saturated rings. The number of amides is 1. The maximum absolute atomic E-state index is 13.0. The van der Waals surface area contributed by atoms with Gasteiger partial charge in [0.1, 0.15) is 5.75 Å². The van der Waals surface area contributed by atoms with E-state index in [4.69, 9.17) is 4.74 Å². The zero-order valence-corrected chi connectivity index (χ0v) is 20.3. The summed E-state index contributed by atoms with van der Waals surface area (Å²) in [5, 5.41) is 12.7. The number of thioether (sulfide) groups is 1. The highest BCUT2D eigenvalue weighted by molar-refractivity contribution is 8.00. The zero-order valence-electron chi connectivity index (χ0n) is 19.5. The summed E-state index contributed by atoms with van der Waals surface area (Å²) in [6.45, 7) is 3.95. The molecule has 0 aliphatic heterocycles. The Hall–Kier alpha value is -2.80. The first-order valence-corrected chi connectivity index (χ1v) is 12.6. The van der Waals surface area contributed by atoms with Gasteiger partial charge < -0.3 is 10.1 Å². The molecule has 1 heterocycles. The maximum Gasteiger partial charge on any atom is 0.233 e. The second-order valence-electron chi connectivity index (χ2n) is 8.60. The Balaban J connectivity index is 1.54. The van der Waals surface area contributed by atoms with Crippen LogP contribution in [0.4, 0.5) is 0 Å². The predicted molar refractivity (Wildman–Crippen MR) is 132 cm³/mol. The topological polar surface area (TPSA) is 69.0 Å². The summed E-state index contributed by atoms with van der Waals surface area (Å²) in [6, 6.07) is 18.3. The van der Waals surface area contributed by atoms with E-state index in [0.717, 1.165) is 40.7 Å². The SMILES string of the molecule is COc1ccc(-c2nnc(SC(C)C(=O)NC(C)c3ccccc3)n2C2CCCCC2)cc1. The predicted octanol–water partition coefficient (Wildman–Crippen LogP) is 5.82. The average Bonchev–Trinajstić information content (AvgIpc) is 3.28. The Labute approximate surface area is 200 Å². The van der Waals surface area contributed by atoms with Gasteiger partial charge in [-0.1, -0.05) is 61.4 Å². The molecule has 0 spiro atoms. The molecular formula is C26H32N4O2S. The van der Waals surface area contributed by atoms with Crippen molar-refractivity contribution < 1.29 is 9.53 Å². The van der Waals surface area contributed by atoms with Gasteiger partial charge in [-0.05, 0) is 56.5 Å². The van der Waals surface area contributed by atoms with Crippen LogP contribution in [-0.4, -0.2) is 33.0 Å². The molecule has 4 rings (SSSR count). The third-order valence-corrected chi connectivity index (χ3v) is 7.32.